The van der Waals surface area contributed by atoms with Gasteiger partial charge in [0.1, 0.15) is 4.99 Å². The Morgan fingerprint density at radius 1 is 1.69 bits per heavy atom. The zero-order valence-corrected chi connectivity index (χ0v) is 10.9. The maximum atomic E-state index is 5.59. The van der Waals surface area contributed by atoms with Crippen LogP contribution < -0.4 is 10.6 Å². The Balaban J connectivity index is 2.25. The first-order chi connectivity index (χ1) is 7.68. The fraction of sp³-hybridized carbons (Fsp3) is 0.455. The minimum absolute atomic E-state index is 0.362. The summed E-state index contributed by atoms with van der Waals surface area (Å²) in [6.45, 7) is 3.32. The third-order valence-electron chi connectivity index (χ3n) is 2.70. The lowest BCUT2D eigenvalue weighted by molar-refractivity contribution is 0.699. The topological polar surface area (TPSA) is 42.2 Å². The van der Waals surface area contributed by atoms with Crippen molar-refractivity contribution in [2.24, 2.45) is 5.73 Å². The molecule has 2 heterocycles. The Bertz CT molecular complexity index is 395. The average Bonchev–Trinajstić information content (AvgIpc) is 2.30. The summed E-state index contributed by atoms with van der Waals surface area (Å²) in [5, 5.41) is 0. The summed E-state index contributed by atoms with van der Waals surface area (Å²) in [5.74, 6) is 2.35. The summed E-state index contributed by atoms with van der Waals surface area (Å²) in [5.41, 5.74) is 7.47. The molecule has 2 N–H and O–H groups in total. The molecule has 0 radical (unpaired) electrons. The van der Waals surface area contributed by atoms with Gasteiger partial charge in [0, 0.05) is 36.0 Å². The van der Waals surface area contributed by atoms with Crippen molar-refractivity contribution in [3.05, 3.63) is 24.0 Å². The Morgan fingerprint density at radius 2 is 2.50 bits per heavy atom. The molecule has 2 rings (SSSR count). The van der Waals surface area contributed by atoms with Crippen LogP contribution in [0.2, 0.25) is 0 Å². The first-order valence-corrected chi connectivity index (χ1v) is 6.85. The molecule has 5 heteroatoms. The van der Waals surface area contributed by atoms with Gasteiger partial charge in [-0.15, -0.1) is 0 Å². The number of nitrogens with two attached hydrogens (primary N) is 1. The van der Waals surface area contributed by atoms with E-state index in [2.05, 4.69) is 16.8 Å². The van der Waals surface area contributed by atoms with Gasteiger partial charge < -0.3 is 10.6 Å². The van der Waals surface area contributed by atoms with Gasteiger partial charge in [0.15, 0.2) is 0 Å². The molecule has 0 aromatic carbocycles. The smallest absolute Gasteiger partial charge is 0.122 e. The van der Waals surface area contributed by atoms with Gasteiger partial charge in [-0.05, 0) is 19.1 Å². The lowest BCUT2D eigenvalue weighted by Crippen LogP contribution is -2.40. The molecule has 1 aromatic rings. The second-order valence-electron chi connectivity index (χ2n) is 3.88. The standard InChI is InChI=1S/C11H15N3S2/c1-8-7-16-5-4-14(8)9-2-3-13-10(6-9)11(12)15/h2-3,6,8H,4-5,7H2,1H3,(H2,12,15). The fourth-order valence-electron chi connectivity index (χ4n) is 1.84. The van der Waals surface area contributed by atoms with Crippen molar-refractivity contribution < 1.29 is 0 Å². The quantitative estimate of drug-likeness (QED) is 0.812. The molecule has 1 atom stereocenters. The molecule has 0 spiro atoms. The van der Waals surface area contributed by atoms with Crippen molar-refractivity contribution in [1.82, 2.24) is 4.98 Å². The lowest BCUT2D eigenvalue weighted by atomic mass is 10.2. The van der Waals surface area contributed by atoms with Crippen LogP contribution in [0, 0.1) is 0 Å². The van der Waals surface area contributed by atoms with E-state index in [0.29, 0.717) is 16.7 Å². The highest BCUT2D eigenvalue weighted by Gasteiger charge is 2.19. The van der Waals surface area contributed by atoms with Crippen molar-refractivity contribution in [3.8, 4) is 0 Å². The predicted molar refractivity (Wildman–Crippen MR) is 74.3 cm³/mol. The molecule has 0 amide bonds. The third-order valence-corrected chi connectivity index (χ3v) is 4.09. The third kappa shape index (κ3) is 2.47. The SMILES string of the molecule is CC1CSCCN1c1ccnc(C(N)=S)c1. The number of hydrogen-bond donors (Lipinski definition) is 1. The second-order valence-corrected chi connectivity index (χ2v) is 5.47. The van der Waals surface area contributed by atoms with Gasteiger partial charge in [-0.3, -0.25) is 4.98 Å². The molecule has 1 fully saturated rings. The van der Waals surface area contributed by atoms with Gasteiger partial charge in [0.25, 0.3) is 0 Å². The van der Waals surface area contributed by atoms with Crippen LogP contribution in [0.25, 0.3) is 0 Å². The molecule has 1 saturated heterocycles. The zero-order chi connectivity index (χ0) is 11.5. The van der Waals surface area contributed by atoms with E-state index in [0.717, 1.165) is 6.54 Å². The highest BCUT2D eigenvalue weighted by molar-refractivity contribution is 7.99. The highest BCUT2D eigenvalue weighted by Crippen LogP contribution is 2.23. The van der Waals surface area contributed by atoms with Crippen LogP contribution in [0.3, 0.4) is 0 Å². The Labute approximate surface area is 105 Å². The number of pyridine rings is 1. The van der Waals surface area contributed by atoms with Crippen LogP contribution in [0.15, 0.2) is 18.3 Å². The first kappa shape index (κ1) is 11.7. The summed E-state index contributed by atoms with van der Waals surface area (Å²) in [7, 11) is 0. The van der Waals surface area contributed by atoms with E-state index >= 15 is 0 Å². The molecular formula is C11H15N3S2. The Morgan fingerprint density at radius 3 is 3.19 bits per heavy atom. The Hall–Kier alpha value is -0.810. The molecule has 0 saturated carbocycles. The number of hydrogen-bond acceptors (Lipinski definition) is 4. The van der Waals surface area contributed by atoms with Crippen molar-refractivity contribution >= 4 is 34.7 Å². The van der Waals surface area contributed by atoms with Crippen molar-refractivity contribution in [3.63, 3.8) is 0 Å². The summed E-state index contributed by atoms with van der Waals surface area (Å²) < 4.78 is 0. The normalized spacial score (nSPS) is 20.8. The van der Waals surface area contributed by atoms with Crippen LogP contribution in [0.4, 0.5) is 5.69 Å². The molecular weight excluding hydrogens is 238 g/mol. The number of anilines is 1. The summed E-state index contributed by atoms with van der Waals surface area (Å²) in [6, 6.07) is 4.56. The number of rotatable bonds is 2. The van der Waals surface area contributed by atoms with Gasteiger partial charge in [-0.25, -0.2) is 0 Å². The van der Waals surface area contributed by atoms with Crippen LogP contribution >= 0.6 is 24.0 Å². The molecule has 1 aliphatic heterocycles. The number of aromatic nitrogens is 1. The van der Waals surface area contributed by atoms with E-state index in [4.69, 9.17) is 18.0 Å². The van der Waals surface area contributed by atoms with E-state index < -0.39 is 0 Å². The van der Waals surface area contributed by atoms with Gasteiger partial charge in [0.05, 0.1) is 5.69 Å². The van der Waals surface area contributed by atoms with E-state index in [1.54, 1.807) is 6.20 Å². The Kier molecular flexibility index (Phi) is 3.66. The monoisotopic (exact) mass is 253 g/mol. The number of thioether (sulfide) groups is 1. The predicted octanol–water partition coefficient (Wildman–Crippen LogP) is 1.66. The highest BCUT2D eigenvalue weighted by atomic mass is 32.2. The van der Waals surface area contributed by atoms with Crippen LogP contribution in [-0.4, -0.2) is 34.1 Å². The van der Waals surface area contributed by atoms with Crippen molar-refractivity contribution in [2.75, 3.05) is 23.0 Å². The molecule has 0 aliphatic carbocycles. The molecule has 1 unspecified atom stereocenters. The molecule has 16 heavy (non-hydrogen) atoms. The second kappa shape index (κ2) is 5.01. The van der Waals surface area contributed by atoms with E-state index in [9.17, 15) is 0 Å². The van der Waals surface area contributed by atoms with Gasteiger partial charge in [0.2, 0.25) is 0 Å². The number of nitrogens with zero attached hydrogens (tertiary/aromatic N) is 2. The summed E-state index contributed by atoms with van der Waals surface area (Å²) in [4.78, 5) is 6.91. The van der Waals surface area contributed by atoms with E-state index in [-0.39, 0.29) is 0 Å². The first-order valence-electron chi connectivity index (χ1n) is 5.28. The maximum absolute atomic E-state index is 5.59. The molecule has 1 aromatic heterocycles. The summed E-state index contributed by atoms with van der Waals surface area (Å²) >= 11 is 6.95. The molecule has 3 nitrogen and oxygen atoms in total. The van der Waals surface area contributed by atoms with Crippen molar-refractivity contribution in [1.29, 1.82) is 0 Å². The van der Waals surface area contributed by atoms with Gasteiger partial charge in [-0.1, -0.05) is 12.2 Å². The minimum atomic E-state index is 0.362. The minimum Gasteiger partial charge on any atom is -0.388 e. The van der Waals surface area contributed by atoms with Crippen LogP contribution in [0.1, 0.15) is 12.6 Å². The van der Waals surface area contributed by atoms with E-state index in [1.807, 2.05) is 23.9 Å². The molecule has 86 valence electrons. The average molecular weight is 253 g/mol. The zero-order valence-electron chi connectivity index (χ0n) is 9.22. The molecule has 0 bridgehead atoms. The lowest BCUT2D eigenvalue weighted by Gasteiger charge is -2.35. The van der Waals surface area contributed by atoms with Gasteiger partial charge in [-0.2, -0.15) is 11.8 Å². The van der Waals surface area contributed by atoms with E-state index in [1.165, 1.54) is 17.2 Å². The fourth-order valence-corrected chi connectivity index (χ4v) is 2.97. The maximum Gasteiger partial charge on any atom is 0.122 e. The van der Waals surface area contributed by atoms with Crippen LogP contribution in [0.5, 0.6) is 0 Å². The van der Waals surface area contributed by atoms with Crippen LogP contribution in [-0.2, 0) is 0 Å². The largest absolute Gasteiger partial charge is 0.388 e. The number of thiocarbonyl (C=S) groups is 1. The van der Waals surface area contributed by atoms with Crippen molar-refractivity contribution in [2.45, 2.75) is 13.0 Å². The summed E-state index contributed by atoms with van der Waals surface area (Å²) in [6.07, 6.45) is 1.78. The van der Waals surface area contributed by atoms with Gasteiger partial charge >= 0.3 is 0 Å². The molecule has 1 aliphatic rings.